The molecule has 0 aliphatic heterocycles. The molecule has 0 atom stereocenters. The van der Waals surface area contributed by atoms with Gasteiger partial charge in [0.25, 0.3) is 0 Å². The van der Waals surface area contributed by atoms with Crippen LogP contribution in [-0.2, 0) is 0 Å². The van der Waals surface area contributed by atoms with Crippen molar-refractivity contribution in [1.82, 2.24) is 0 Å². The lowest BCUT2D eigenvalue weighted by Gasteiger charge is -1.32. The number of hydrogen-bond donors (Lipinski definition) is 1. The smallest absolute Gasteiger partial charge is 0.316 e. The van der Waals surface area contributed by atoms with Crippen molar-refractivity contribution in [3.05, 3.63) is 4.91 Å². The average molecular weight is 181 g/mol. The van der Waals surface area contributed by atoms with Gasteiger partial charge in [0, 0.05) is 0 Å². The zero-order valence-corrected chi connectivity index (χ0v) is 4.30. The van der Waals surface area contributed by atoms with Gasteiger partial charge in [0.2, 0.25) is 0 Å². The van der Waals surface area contributed by atoms with Crippen LogP contribution in [0.1, 0.15) is 0 Å². The van der Waals surface area contributed by atoms with Crippen molar-refractivity contribution in [2.24, 2.45) is 5.34 Å². The van der Waals surface area contributed by atoms with Gasteiger partial charge in [0.1, 0.15) is 0 Å². The molecule has 0 heterocycles. The van der Waals surface area contributed by atoms with Crippen molar-refractivity contribution in [3.8, 4) is 0 Å². The fraction of sp³-hybridized carbons (Fsp3) is 0. The summed E-state index contributed by atoms with van der Waals surface area (Å²) in [5.41, 5.74) is 0. The van der Waals surface area contributed by atoms with Crippen LogP contribution in [0.15, 0.2) is 5.34 Å². The van der Waals surface area contributed by atoms with Crippen molar-refractivity contribution in [3.63, 3.8) is 0 Å². The molecule has 0 bridgehead atoms. The van der Waals surface area contributed by atoms with E-state index in [4.69, 9.17) is 10.1 Å². The molecule has 0 radical (unpaired) electrons. The van der Waals surface area contributed by atoms with Gasteiger partial charge in [0.15, 0.2) is 5.34 Å². The Hall–Kier alpha value is -0.0738. The minimum atomic E-state index is 0. The summed E-state index contributed by atoms with van der Waals surface area (Å²) in [4.78, 5) is 8.11. The predicted molar refractivity (Wildman–Crippen MR) is 37.8 cm³/mol. The first-order chi connectivity index (χ1) is 1.41. The molecule has 0 aromatic heterocycles. The van der Waals surface area contributed by atoms with E-state index in [9.17, 15) is 0 Å². The maximum absolute atomic E-state index is 8.11. The van der Waals surface area contributed by atoms with E-state index < -0.39 is 0 Å². The molecule has 0 fully saturated rings. The second-order valence-electron chi connectivity index (χ2n) is 0.0816. The first-order valence-electron chi connectivity index (χ1n) is 0.383. The van der Waals surface area contributed by atoms with Crippen LogP contribution in [0.2, 0.25) is 0 Å². The minimum Gasteiger partial charge on any atom is -0.412 e. The fourth-order valence-corrected chi connectivity index (χ4v) is 0. The van der Waals surface area contributed by atoms with E-state index in [-0.39, 0.29) is 55.9 Å². The topological polar surface area (TPSA) is 239 Å². The Bertz CT molecular complexity index is 16.7. The van der Waals surface area contributed by atoms with Crippen molar-refractivity contribution in [2.45, 2.75) is 0 Å². The van der Waals surface area contributed by atoms with Gasteiger partial charge in [-0.3, -0.25) is 0 Å². The lowest BCUT2D eigenvalue weighted by molar-refractivity contribution is 0.312. The van der Waals surface area contributed by atoms with Gasteiger partial charge in [-0.2, -0.15) is 0 Å². The van der Waals surface area contributed by atoms with E-state index in [2.05, 4.69) is 0 Å². The molecule has 70 valence electrons. The highest BCUT2D eigenvalue weighted by atomic mass is 24.3. The van der Waals surface area contributed by atoms with Gasteiger partial charge in [-0.25, -0.2) is 0 Å². The Kier molecular flexibility index (Phi) is 13900. The molecule has 9 nitrogen and oxygen atoms in total. The highest BCUT2D eigenvalue weighted by Gasteiger charge is 1.18. The quantitative estimate of drug-likeness (QED) is 0.218. The summed E-state index contributed by atoms with van der Waals surface area (Å²) < 4.78 is 0. The summed E-state index contributed by atoms with van der Waals surface area (Å²) in [7, 11) is 0. The summed E-state index contributed by atoms with van der Waals surface area (Å²) in [5, 5.41) is 7.89. The van der Waals surface area contributed by atoms with Crippen LogP contribution >= 0.6 is 0 Å². The van der Waals surface area contributed by atoms with Gasteiger partial charge in [-0.05, 0) is 0 Å². The van der Waals surface area contributed by atoms with E-state index in [0.717, 1.165) is 0 Å². The molecule has 0 unspecified atom stereocenters. The van der Waals surface area contributed by atoms with Crippen LogP contribution in [0, 0.1) is 4.91 Å². The Balaban J connectivity index is -0.000000000952. The Morgan fingerprint density at radius 3 is 0.800 bits per heavy atom. The van der Waals surface area contributed by atoms with Crippen molar-refractivity contribution in [2.75, 3.05) is 0 Å². The van der Waals surface area contributed by atoms with Gasteiger partial charge < -0.3 is 38.1 Å². The van der Waals surface area contributed by atoms with Crippen LogP contribution < -0.4 is 0 Å². The second kappa shape index (κ2) is 654. The molecule has 13 N–H and O–H groups in total. The Labute approximate surface area is 72.0 Å². The lowest BCUT2D eigenvalue weighted by Crippen LogP contribution is -1.25. The normalized spacial score (nSPS) is 1.20. The highest BCUT2D eigenvalue weighted by Crippen LogP contribution is 1.25. The molecule has 0 saturated carbocycles. The molecule has 0 aliphatic carbocycles. The predicted octanol–water partition coefficient (Wildman–Crippen LogP) is -5.72. The SMILES string of the molecule is O.O.O.O.O.O.O=NO.[MgH2]. The maximum atomic E-state index is 8.11. The molecule has 0 spiro atoms. The van der Waals surface area contributed by atoms with Crippen LogP contribution in [0.5, 0.6) is 0 Å². The molecule has 0 saturated heterocycles. The van der Waals surface area contributed by atoms with Gasteiger partial charge in [-0.1, -0.05) is 0 Å². The van der Waals surface area contributed by atoms with Gasteiger partial charge in [-0.15, -0.1) is 4.91 Å². The fourth-order valence-electron chi connectivity index (χ4n) is 0. The summed E-state index contributed by atoms with van der Waals surface area (Å²) in [6.45, 7) is 0. The average Bonchev–Trinajstić information content (AvgIpc) is 0.918. The van der Waals surface area contributed by atoms with E-state index in [1.54, 1.807) is 0 Å². The standard InChI is InChI=1S/Mg.HNO2.6H2O.2H/c;2-1-3;;;;;;;;/h;(H,2,3);6*1H2;;. The van der Waals surface area contributed by atoms with Gasteiger partial charge >= 0.3 is 23.1 Å². The van der Waals surface area contributed by atoms with E-state index in [1.165, 1.54) is 5.34 Å². The Morgan fingerprint density at radius 2 is 0.800 bits per heavy atom. The monoisotopic (exact) mass is 181 g/mol. The molecule has 0 amide bonds. The summed E-state index contributed by atoms with van der Waals surface area (Å²) in [5.74, 6) is 0. The highest BCUT2D eigenvalue weighted by molar-refractivity contribution is 5.75. The van der Waals surface area contributed by atoms with Crippen LogP contribution in [0.3, 0.4) is 0 Å². The van der Waals surface area contributed by atoms with Crippen molar-refractivity contribution >= 4 is 23.1 Å². The summed E-state index contributed by atoms with van der Waals surface area (Å²) in [6.07, 6.45) is 0. The molecule has 0 rings (SSSR count). The molecular weight excluding hydrogens is 166 g/mol. The van der Waals surface area contributed by atoms with E-state index in [1.807, 2.05) is 0 Å². The molecule has 10 heteroatoms. The molecule has 0 aliphatic rings. The third-order valence-corrected chi connectivity index (χ3v) is 0. The molecular formula is H15MgNO8. The second-order valence-corrected chi connectivity index (χ2v) is 0.0816. The Morgan fingerprint density at radius 1 is 0.800 bits per heavy atom. The molecule has 0 aromatic carbocycles. The molecule has 0 aromatic rings. The van der Waals surface area contributed by atoms with Crippen LogP contribution in [0.25, 0.3) is 0 Å². The van der Waals surface area contributed by atoms with E-state index in [0.29, 0.717) is 0 Å². The third-order valence-electron chi connectivity index (χ3n) is 0. The van der Waals surface area contributed by atoms with Gasteiger partial charge in [0.05, 0.1) is 0 Å². The zero-order chi connectivity index (χ0) is 2.71. The number of hydrogen-bond acceptors (Lipinski definition) is 2. The third kappa shape index (κ3) is 69900. The van der Waals surface area contributed by atoms with Crippen molar-refractivity contribution < 1.29 is 38.1 Å². The van der Waals surface area contributed by atoms with Crippen LogP contribution in [0.4, 0.5) is 0 Å². The lowest BCUT2D eigenvalue weighted by atomic mass is 13.4. The first kappa shape index (κ1) is 213. The first-order valence-corrected chi connectivity index (χ1v) is 0.383. The summed E-state index contributed by atoms with van der Waals surface area (Å²) >= 11 is 0. The maximum Gasteiger partial charge on any atom is 0.316 e. The largest absolute Gasteiger partial charge is 0.412 e. The van der Waals surface area contributed by atoms with E-state index >= 15 is 0 Å². The van der Waals surface area contributed by atoms with Crippen LogP contribution in [-0.4, -0.2) is 61.1 Å². The number of nitrogens with zero attached hydrogens (tertiary/aromatic N) is 1. The number of rotatable bonds is 0. The van der Waals surface area contributed by atoms with Crippen molar-refractivity contribution in [1.29, 1.82) is 0 Å². The zero-order valence-electron chi connectivity index (χ0n) is 4.30. The molecule has 10 heavy (non-hydrogen) atoms. The minimum absolute atomic E-state index is 0. The summed E-state index contributed by atoms with van der Waals surface area (Å²) in [6, 6.07) is 0.